The first-order valence-electron chi connectivity index (χ1n) is 9.11. The third kappa shape index (κ3) is 5.12. The molecule has 0 radical (unpaired) electrons. The normalized spacial score (nSPS) is 24.1. The molecule has 0 saturated carbocycles. The Balaban J connectivity index is 0.00000243. The van der Waals surface area contributed by atoms with E-state index in [1.54, 1.807) is 17.0 Å². The lowest BCUT2D eigenvalue weighted by Gasteiger charge is -2.28. The molecule has 2 saturated heterocycles. The molecule has 144 valence electrons. The summed E-state index contributed by atoms with van der Waals surface area (Å²) in [6, 6.07) is 6.80. The summed E-state index contributed by atoms with van der Waals surface area (Å²) in [6.07, 6.45) is 3.48. The number of rotatable bonds is 5. The van der Waals surface area contributed by atoms with Gasteiger partial charge in [-0.05, 0) is 68.5 Å². The van der Waals surface area contributed by atoms with Gasteiger partial charge in [-0.1, -0.05) is 18.5 Å². The van der Waals surface area contributed by atoms with Crippen LogP contribution in [0.15, 0.2) is 24.3 Å². The van der Waals surface area contributed by atoms with Crippen LogP contribution in [0.25, 0.3) is 0 Å². The van der Waals surface area contributed by atoms with Crippen LogP contribution in [0.2, 0.25) is 5.02 Å². The molecular formula is C19H27Cl2N3O2. The SMILES string of the molecule is CC(CC(=O)NC1CCN(c2ccc(Cl)cc2)C1=O)C1CCCNC1.Cl. The third-order valence-corrected chi connectivity index (χ3v) is 5.58. The summed E-state index contributed by atoms with van der Waals surface area (Å²) in [6.45, 7) is 4.81. The molecule has 5 nitrogen and oxygen atoms in total. The average Bonchev–Trinajstić information content (AvgIpc) is 2.97. The summed E-state index contributed by atoms with van der Waals surface area (Å²) in [5.74, 6) is 0.818. The highest BCUT2D eigenvalue weighted by molar-refractivity contribution is 6.30. The van der Waals surface area contributed by atoms with Crippen LogP contribution in [0, 0.1) is 11.8 Å². The maximum atomic E-state index is 12.6. The number of anilines is 1. The van der Waals surface area contributed by atoms with Crippen LogP contribution in [-0.4, -0.2) is 37.5 Å². The van der Waals surface area contributed by atoms with Crippen LogP contribution in [0.3, 0.4) is 0 Å². The molecule has 1 aromatic rings. The first-order chi connectivity index (χ1) is 12.0. The molecule has 2 aliphatic rings. The molecule has 0 spiro atoms. The van der Waals surface area contributed by atoms with Gasteiger partial charge in [-0.2, -0.15) is 0 Å². The van der Waals surface area contributed by atoms with Gasteiger partial charge in [0.15, 0.2) is 0 Å². The first kappa shape index (κ1) is 21.0. The van der Waals surface area contributed by atoms with Crippen molar-refractivity contribution >= 4 is 41.5 Å². The minimum absolute atomic E-state index is 0. The Kier molecular flexibility index (Phi) is 7.74. The van der Waals surface area contributed by atoms with Crippen molar-refractivity contribution in [3.8, 4) is 0 Å². The highest BCUT2D eigenvalue weighted by Crippen LogP contribution is 2.25. The van der Waals surface area contributed by atoms with E-state index in [4.69, 9.17) is 11.6 Å². The summed E-state index contributed by atoms with van der Waals surface area (Å²) in [4.78, 5) is 26.7. The highest BCUT2D eigenvalue weighted by Gasteiger charge is 2.34. The Morgan fingerprint density at radius 2 is 2.08 bits per heavy atom. The molecule has 2 N–H and O–H groups in total. The average molecular weight is 400 g/mol. The number of hydrogen-bond donors (Lipinski definition) is 2. The molecule has 3 atom stereocenters. The molecule has 2 aliphatic heterocycles. The van der Waals surface area contributed by atoms with E-state index in [1.165, 1.54) is 12.8 Å². The minimum atomic E-state index is -0.417. The Bertz CT molecular complexity index is 618. The van der Waals surface area contributed by atoms with Crippen LogP contribution in [0.1, 0.15) is 32.6 Å². The minimum Gasteiger partial charge on any atom is -0.344 e. The van der Waals surface area contributed by atoms with Crippen LogP contribution in [0.5, 0.6) is 0 Å². The number of hydrogen-bond acceptors (Lipinski definition) is 3. The zero-order chi connectivity index (χ0) is 17.8. The number of benzene rings is 1. The molecule has 2 heterocycles. The first-order valence-corrected chi connectivity index (χ1v) is 9.49. The number of amides is 2. The Labute approximate surface area is 166 Å². The van der Waals surface area contributed by atoms with Crippen LogP contribution in [-0.2, 0) is 9.59 Å². The standard InChI is InChI=1S/C19H26ClN3O2.ClH/c1-13(14-3-2-9-21-12-14)11-18(24)22-17-8-10-23(19(17)25)16-6-4-15(20)5-7-16;/h4-7,13-14,17,21H,2-3,8-12H2,1H3,(H,22,24);1H. The zero-order valence-electron chi connectivity index (χ0n) is 15.0. The van der Waals surface area contributed by atoms with Crippen molar-refractivity contribution in [2.24, 2.45) is 11.8 Å². The van der Waals surface area contributed by atoms with Crippen molar-refractivity contribution < 1.29 is 9.59 Å². The summed E-state index contributed by atoms with van der Waals surface area (Å²) in [7, 11) is 0. The van der Waals surface area contributed by atoms with Gasteiger partial charge in [0.05, 0.1) is 0 Å². The molecule has 0 aromatic heterocycles. The molecule has 3 rings (SSSR count). The van der Waals surface area contributed by atoms with Crippen molar-refractivity contribution in [2.75, 3.05) is 24.5 Å². The van der Waals surface area contributed by atoms with E-state index < -0.39 is 6.04 Å². The van der Waals surface area contributed by atoms with E-state index in [9.17, 15) is 9.59 Å². The van der Waals surface area contributed by atoms with Gasteiger partial charge in [0.2, 0.25) is 11.8 Å². The molecule has 26 heavy (non-hydrogen) atoms. The lowest BCUT2D eigenvalue weighted by molar-refractivity contribution is -0.127. The fraction of sp³-hybridized carbons (Fsp3) is 0.579. The molecule has 3 unspecified atom stereocenters. The van der Waals surface area contributed by atoms with Crippen LogP contribution < -0.4 is 15.5 Å². The fourth-order valence-corrected chi connectivity index (χ4v) is 3.89. The number of piperidine rings is 1. The Hall–Kier alpha value is -1.30. The topological polar surface area (TPSA) is 61.4 Å². The predicted octanol–water partition coefficient (Wildman–Crippen LogP) is 3.01. The summed E-state index contributed by atoms with van der Waals surface area (Å²) >= 11 is 5.90. The van der Waals surface area contributed by atoms with Crippen LogP contribution >= 0.6 is 24.0 Å². The lowest BCUT2D eigenvalue weighted by atomic mass is 9.85. The van der Waals surface area contributed by atoms with Crippen molar-refractivity contribution in [1.82, 2.24) is 10.6 Å². The maximum Gasteiger partial charge on any atom is 0.249 e. The molecule has 0 aliphatic carbocycles. The van der Waals surface area contributed by atoms with Gasteiger partial charge in [0.25, 0.3) is 0 Å². The van der Waals surface area contributed by atoms with E-state index in [0.717, 1.165) is 18.8 Å². The molecule has 1 aromatic carbocycles. The van der Waals surface area contributed by atoms with Gasteiger partial charge in [-0.3, -0.25) is 9.59 Å². The fourth-order valence-electron chi connectivity index (χ4n) is 3.77. The van der Waals surface area contributed by atoms with E-state index in [1.807, 2.05) is 12.1 Å². The Morgan fingerprint density at radius 1 is 1.35 bits per heavy atom. The second-order valence-electron chi connectivity index (χ2n) is 7.16. The molecule has 2 amide bonds. The second kappa shape index (κ2) is 9.58. The van der Waals surface area contributed by atoms with Gasteiger partial charge in [0.1, 0.15) is 6.04 Å². The monoisotopic (exact) mass is 399 g/mol. The second-order valence-corrected chi connectivity index (χ2v) is 7.60. The number of carbonyl (C=O) groups excluding carboxylic acids is 2. The zero-order valence-corrected chi connectivity index (χ0v) is 16.6. The van der Waals surface area contributed by atoms with E-state index >= 15 is 0 Å². The molecular weight excluding hydrogens is 373 g/mol. The van der Waals surface area contributed by atoms with E-state index in [-0.39, 0.29) is 24.2 Å². The molecule has 0 bridgehead atoms. The van der Waals surface area contributed by atoms with Crippen molar-refractivity contribution in [3.05, 3.63) is 29.3 Å². The van der Waals surface area contributed by atoms with Gasteiger partial charge < -0.3 is 15.5 Å². The van der Waals surface area contributed by atoms with E-state index in [2.05, 4.69) is 17.6 Å². The van der Waals surface area contributed by atoms with Crippen molar-refractivity contribution in [2.45, 2.75) is 38.6 Å². The Morgan fingerprint density at radius 3 is 2.73 bits per heavy atom. The largest absolute Gasteiger partial charge is 0.344 e. The van der Waals surface area contributed by atoms with Gasteiger partial charge in [-0.15, -0.1) is 12.4 Å². The van der Waals surface area contributed by atoms with Gasteiger partial charge in [0, 0.05) is 23.7 Å². The van der Waals surface area contributed by atoms with E-state index in [0.29, 0.717) is 36.2 Å². The van der Waals surface area contributed by atoms with Gasteiger partial charge in [-0.25, -0.2) is 0 Å². The predicted molar refractivity (Wildman–Crippen MR) is 107 cm³/mol. The summed E-state index contributed by atoms with van der Waals surface area (Å²) in [5, 5.41) is 6.97. The quantitative estimate of drug-likeness (QED) is 0.799. The highest BCUT2D eigenvalue weighted by atomic mass is 35.5. The summed E-state index contributed by atoms with van der Waals surface area (Å²) < 4.78 is 0. The third-order valence-electron chi connectivity index (χ3n) is 5.33. The van der Waals surface area contributed by atoms with Crippen molar-refractivity contribution in [3.63, 3.8) is 0 Å². The number of carbonyl (C=O) groups is 2. The number of nitrogens with zero attached hydrogens (tertiary/aromatic N) is 1. The van der Waals surface area contributed by atoms with Gasteiger partial charge >= 0.3 is 0 Å². The number of halogens is 2. The summed E-state index contributed by atoms with van der Waals surface area (Å²) in [5.41, 5.74) is 0.827. The van der Waals surface area contributed by atoms with Crippen molar-refractivity contribution in [1.29, 1.82) is 0 Å². The van der Waals surface area contributed by atoms with Crippen LogP contribution in [0.4, 0.5) is 5.69 Å². The number of nitrogens with one attached hydrogen (secondary N) is 2. The molecule has 2 fully saturated rings. The smallest absolute Gasteiger partial charge is 0.249 e. The molecule has 7 heteroatoms. The maximum absolute atomic E-state index is 12.6. The lowest BCUT2D eigenvalue weighted by Crippen LogP contribution is -2.43.